The Hall–Kier alpha value is -1.27. The third-order valence-electron chi connectivity index (χ3n) is 3.79. The number of piperazine rings is 1. The summed E-state index contributed by atoms with van der Waals surface area (Å²) in [5, 5.41) is 2.59. The number of amides is 2. The molecule has 3 unspecified atom stereocenters. The van der Waals surface area contributed by atoms with Crippen molar-refractivity contribution in [2.75, 3.05) is 6.54 Å². The Balaban J connectivity index is 3.17. The molecule has 0 aromatic carbocycles. The topological polar surface area (TPSA) is 49.4 Å². The minimum Gasteiger partial charge on any atom is -0.342 e. The van der Waals surface area contributed by atoms with Gasteiger partial charge in [-0.25, -0.2) is 0 Å². The van der Waals surface area contributed by atoms with E-state index >= 15 is 0 Å². The van der Waals surface area contributed by atoms with Crippen molar-refractivity contribution in [1.82, 2.24) is 10.2 Å². The molecule has 1 fully saturated rings. The maximum Gasteiger partial charge on any atom is 0.406 e. The van der Waals surface area contributed by atoms with Crippen LogP contribution >= 0.6 is 0 Å². The monoisotopic (exact) mass is 308 g/mol. The number of carbonyl (C=O) groups is 2. The highest BCUT2D eigenvalue weighted by Crippen LogP contribution is 2.32. The van der Waals surface area contributed by atoms with Gasteiger partial charge in [-0.1, -0.05) is 41.0 Å². The molecule has 4 nitrogen and oxygen atoms in total. The van der Waals surface area contributed by atoms with E-state index in [4.69, 9.17) is 0 Å². The van der Waals surface area contributed by atoms with Gasteiger partial charge >= 0.3 is 6.18 Å². The van der Waals surface area contributed by atoms with Crippen LogP contribution in [-0.2, 0) is 9.59 Å². The van der Waals surface area contributed by atoms with Gasteiger partial charge in [-0.3, -0.25) is 9.59 Å². The van der Waals surface area contributed by atoms with Gasteiger partial charge in [0.25, 0.3) is 0 Å². The molecule has 122 valence electrons. The van der Waals surface area contributed by atoms with Crippen molar-refractivity contribution in [2.24, 2.45) is 11.3 Å². The molecule has 0 aromatic heterocycles. The van der Waals surface area contributed by atoms with Gasteiger partial charge in [-0.05, 0) is 11.3 Å². The maximum absolute atomic E-state index is 12.8. The number of nitrogens with zero attached hydrogens (tertiary/aromatic N) is 1. The van der Waals surface area contributed by atoms with Crippen molar-refractivity contribution in [1.29, 1.82) is 0 Å². The molecule has 1 rings (SSSR count). The Morgan fingerprint density at radius 1 is 1.24 bits per heavy atom. The first kappa shape index (κ1) is 17.8. The van der Waals surface area contributed by atoms with Gasteiger partial charge < -0.3 is 10.2 Å². The van der Waals surface area contributed by atoms with E-state index < -0.39 is 42.0 Å². The van der Waals surface area contributed by atoms with Crippen LogP contribution in [0.5, 0.6) is 0 Å². The van der Waals surface area contributed by atoms with Crippen molar-refractivity contribution >= 4 is 11.8 Å². The molecule has 0 spiro atoms. The van der Waals surface area contributed by atoms with Crippen LogP contribution in [-0.4, -0.2) is 41.5 Å². The zero-order valence-corrected chi connectivity index (χ0v) is 13.0. The van der Waals surface area contributed by atoms with Crippen LogP contribution in [0.3, 0.4) is 0 Å². The fourth-order valence-corrected chi connectivity index (χ4v) is 2.59. The summed E-state index contributed by atoms with van der Waals surface area (Å²) >= 11 is 0. The zero-order valence-electron chi connectivity index (χ0n) is 13.0. The van der Waals surface area contributed by atoms with E-state index in [1.165, 1.54) is 0 Å². The molecule has 0 saturated carbocycles. The largest absolute Gasteiger partial charge is 0.406 e. The molecule has 7 heteroatoms. The highest BCUT2D eigenvalue weighted by Gasteiger charge is 2.50. The second-order valence-corrected chi connectivity index (χ2v) is 6.72. The lowest BCUT2D eigenvalue weighted by atomic mass is 9.81. The Morgan fingerprint density at radius 2 is 1.76 bits per heavy atom. The van der Waals surface area contributed by atoms with E-state index in [1.54, 1.807) is 27.7 Å². The summed E-state index contributed by atoms with van der Waals surface area (Å²) in [6.07, 6.45) is -3.94. The highest BCUT2D eigenvalue weighted by molar-refractivity contribution is 5.97. The van der Waals surface area contributed by atoms with Crippen LogP contribution in [0.25, 0.3) is 0 Å². The average Bonchev–Trinajstić information content (AvgIpc) is 2.28. The lowest BCUT2D eigenvalue weighted by Crippen LogP contribution is -2.69. The number of hydrogen-bond acceptors (Lipinski definition) is 2. The average molecular weight is 308 g/mol. The van der Waals surface area contributed by atoms with Crippen molar-refractivity contribution in [3.05, 3.63) is 0 Å². The summed E-state index contributed by atoms with van der Waals surface area (Å²) < 4.78 is 38.4. The molecule has 1 aliphatic rings. The summed E-state index contributed by atoms with van der Waals surface area (Å²) in [5.41, 5.74) is -0.772. The highest BCUT2D eigenvalue weighted by atomic mass is 19.4. The van der Waals surface area contributed by atoms with Crippen LogP contribution in [0.15, 0.2) is 0 Å². The fraction of sp³-hybridized carbons (Fsp3) is 0.857. The Bertz CT molecular complexity index is 415. The standard InChI is InChI=1S/C14H23F3N2O2/c1-6-8(2)9-12(21)19(7-14(15,16)17)10(11(20)18-9)13(3,4)5/h8-10H,6-7H2,1-5H3,(H,18,20). The van der Waals surface area contributed by atoms with E-state index in [0.717, 1.165) is 0 Å². The van der Waals surface area contributed by atoms with E-state index in [9.17, 15) is 22.8 Å². The molecule has 0 aromatic rings. The van der Waals surface area contributed by atoms with Crippen LogP contribution in [0.1, 0.15) is 41.0 Å². The first-order valence-electron chi connectivity index (χ1n) is 7.06. The van der Waals surface area contributed by atoms with Crippen LogP contribution in [0.4, 0.5) is 13.2 Å². The van der Waals surface area contributed by atoms with Gasteiger partial charge in [0, 0.05) is 0 Å². The predicted molar refractivity (Wildman–Crippen MR) is 72.4 cm³/mol. The summed E-state index contributed by atoms with van der Waals surface area (Å²) in [4.78, 5) is 25.3. The summed E-state index contributed by atoms with van der Waals surface area (Å²) in [6.45, 7) is 7.13. The maximum atomic E-state index is 12.8. The molecule has 1 N–H and O–H groups in total. The number of rotatable bonds is 3. The molecule has 1 aliphatic heterocycles. The van der Waals surface area contributed by atoms with E-state index in [0.29, 0.717) is 11.3 Å². The third kappa shape index (κ3) is 4.11. The second kappa shape index (κ2) is 5.85. The SMILES string of the molecule is CCC(C)C1NC(=O)C(C(C)(C)C)N(CC(F)(F)F)C1=O. The van der Waals surface area contributed by atoms with Gasteiger partial charge in [-0.15, -0.1) is 0 Å². The first-order chi connectivity index (χ1) is 9.38. The molecule has 0 bridgehead atoms. The first-order valence-corrected chi connectivity index (χ1v) is 7.06. The number of hydrogen-bond donors (Lipinski definition) is 1. The van der Waals surface area contributed by atoms with Gasteiger partial charge in [0.2, 0.25) is 11.8 Å². The molecule has 1 heterocycles. The van der Waals surface area contributed by atoms with E-state index in [2.05, 4.69) is 5.32 Å². The molecule has 0 aliphatic carbocycles. The molecular formula is C14H23F3N2O2. The molecular weight excluding hydrogens is 285 g/mol. The van der Waals surface area contributed by atoms with E-state index in [1.807, 2.05) is 6.92 Å². The van der Waals surface area contributed by atoms with Gasteiger partial charge in [-0.2, -0.15) is 13.2 Å². The van der Waals surface area contributed by atoms with Crippen LogP contribution in [0, 0.1) is 11.3 Å². The molecule has 2 amide bonds. The summed E-state index contributed by atoms with van der Waals surface area (Å²) in [6, 6.07) is -2.00. The number of nitrogens with one attached hydrogen (secondary N) is 1. The number of alkyl halides is 3. The minimum atomic E-state index is -4.53. The van der Waals surface area contributed by atoms with E-state index in [-0.39, 0.29) is 5.92 Å². The van der Waals surface area contributed by atoms with Crippen LogP contribution < -0.4 is 5.32 Å². The molecule has 0 radical (unpaired) electrons. The fourth-order valence-electron chi connectivity index (χ4n) is 2.59. The Kier molecular flexibility index (Phi) is 4.95. The lowest BCUT2D eigenvalue weighted by molar-refractivity contribution is -0.180. The smallest absolute Gasteiger partial charge is 0.342 e. The zero-order chi connectivity index (χ0) is 16.6. The summed E-state index contributed by atoms with van der Waals surface area (Å²) in [5.74, 6) is -1.38. The Labute approximate surface area is 123 Å². The molecule has 1 saturated heterocycles. The third-order valence-corrected chi connectivity index (χ3v) is 3.79. The Morgan fingerprint density at radius 3 is 2.14 bits per heavy atom. The second-order valence-electron chi connectivity index (χ2n) is 6.72. The molecule has 3 atom stereocenters. The minimum absolute atomic E-state index is 0.210. The quantitative estimate of drug-likeness (QED) is 0.870. The summed E-state index contributed by atoms with van der Waals surface area (Å²) in [7, 11) is 0. The number of halogens is 3. The predicted octanol–water partition coefficient (Wildman–Crippen LogP) is 2.34. The van der Waals surface area contributed by atoms with Crippen molar-refractivity contribution in [3.63, 3.8) is 0 Å². The number of carbonyl (C=O) groups excluding carboxylic acids is 2. The lowest BCUT2D eigenvalue weighted by Gasteiger charge is -2.45. The molecule has 21 heavy (non-hydrogen) atoms. The normalized spacial score (nSPS) is 25.8. The van der Waals surface area contributed by atoms with Gasteiger partial charge in [0.05, 0.1) is 0 Å². The van der Waals surface area contributed by atoms with Crippen molar-refractivity contribution in [2.45, 2.75) is 59.3 Å². The van der Waals surface area contributed by atoms with Crippen molar-refractivity contribution in [3.8, 4) is 0 Å². The van der Waals surface area contributed by atoms with Gasteiger partial charge in [0.1, 0.15) is 18.6 Å². The van der Waals surface area contributed by atoms with Crippen molar-refractivity contribution < 1.29 is 22.8 Å². The van der Waals surface area contributed by atoms with Gasteiger partial charge in [0.15, 0.2) is 0 Å². The van der Waals surface area contributed by atoms with Crippen LogP contribution in [0.2, 0.25) is 0 Å².